The number of nitro benzene ring substituents is 2. The molecule has 0 heterocycles. The van der Waals surface area contributed by atoms with Gasteiger partial charge in [0.05, 0.1) is 16.5 Å². The maximum atomic E-state index is 12.4. The van der Waals surface area contributed by atoms with Crippen molar-refractivity contribution in [2.75, 3.05) is 11.9 Å². The summed E-state index contributed by atoms with van der Waals surface area (Å²) in [7, 11) is 0. The van der Waals surface area contributed by atoms with Gasteiger partial charge in [0.2, 0.25) is 0 Å². The average molecular weight is 439 g/mol. The number of hydrogen-bond acceptors (Lipinski definition) is 7. The molecule has 2 aromatic rings. The lowest BCUT2D eigenvalue weighted by Gasteiger charge is -2.12. The molecule has 0 bridgehead atoms. The first kappa shape index (κ1) is 22.0. The summed E-state index contributed by atoms with van der Waals surface area (Å²) in [6.07, 6.45) is 0. The Morgan fingerprint density at radius 3 is 2.41 bits per heavy atom. The number of anilines is 1. The molecule has 0 atom stereocenters. The van der Waals surface area contributed by atoms with Crippen LogP contribution in [-0.2, 0) is 0 Å². The molecule has 0 saturated carbocycles. The van der Waals surface area contributed by atoms with Gasteiger partial charge >= 0.3 is 5.69 Å². The standard InChI is InChI=1S/C17H15ClN4O6S/c1-3-28-15-5-4-10(7-14(15)22(26)27)16(23)20-17(29)19-12-8-11(18)13(21(24)25)6-9(12)2/h4-8H,3H2,1-2H3,(H2,19,20,23,29). The van der Waals surface area contributed by atoms with Gasteiger partial charge in [-0.3, -0.25) is 30.3 Å². The van der Waals surface area contributed by atoms with Gasteiger partial charge in [0.25, 0.3) is 11.6 Å². The summed E-state index contributed by atoms with van der Waals surface area (Å²) in [5.74, 6) is -0.634. The number of hydrogen-bond donors (Lipinski definition) is 2. The van der Waals surface area contributed by atoms with E-state index in [1.165, 1.54) is 24.3 Å². The van der Waals surface area contributed by atoms with Crippen molar-refractivity contribution in [2.24, 2.45) is 0 Å². The van der Waals surface area contributed by atoms with Crippen LogP contribution >= 0.6 is 23.8 Å². The van der Waals surface area contributed by atoms with Crippen molar-refractivity contribution in [1.82, 2.24) is 5.32 Å². The molecular weight excluding hydrogens is 424 g/mol. The molecule has 0 fully saturated rings. The highest BCUT2D eigenvalue weighted by Crippen LogP contribution is 2.31. The van der Waals surface area contributed by atoms with Gasteiger partial charge in [-0.25, -0.2) is 0 Å². The van der Waals surface area contributed by atoms with Crippen molar-refractivity contribution in [3.05, 3.63) is 66.7 Å². The van der Waals surface area contributed by atoms with Gasteiger partial charge in [-0.2, -0.15) is 0 Å². The molecule has 12 heteroatoms. The maximum Gasteiger partial charge on any atom is 0.311 e. The predicted octanol–water partition coefficient (Wildman–Crippen LogP) is 3.99. The zero-order valence-electron chi connectivity index (χ0n) is 15.2. The molecule has 0 aromatic heterocycles. The molecular formula is C17H15ClN4O6S. The first-order valence-corrected chi connectivity index (χ1v) is 8.90. The summed E-state index contributed by atoms with van der Waals surface area (Å²) >= 11 is 11.0. The Bertz CT molecular complexity index is 1010. The number of halogens is 1. The number of nitrogens with one attached hydrogen (secondary N) is 2. The molecule has 0 aliphatic heterocycles. The van der Waals surface area contributed by atoms with E-state index >= 15 is 0 Å². The van der Waals surface area contributed by atoms with Crippen molar-refractivity contribution in [1.29, 1.82) is 0 Å². The zero-order valence-corrected chi connectivity index (χ0v) is 16.8. The summed E-state index contributed by atoms with van der Waals surface area (Å²) in [5.41, 5.74) is 0.239. The number of carbonyl (C=O) groups is 1. The van der Waals surface area contributed by atoms with E-state index in [9.17, 15) is 25.0 Å². The van der Waals surface area contributed by atoms with E-state index in [0.29, 0.717) is 11.3 Å². The second-order valence-corrected chi connectivity index (χ2v) is 6.47. The molecule has 29 heavy (non-hydrogen) atoms. The Kier molecular flexibility index (Phi) is 7.02. The fraction of sp³-hybridized carbons (Fsp3) is 0.176. The number of nitro groups is 2. The third-order valence-corrected chi connectivity index (χ3v) is 4.19. The van der Waals surface area contributed by atoms with E-state index < -0.39 is 15.8 Å². The van der Waals surface area contributed by atoms with Gasteiger partial charge in [-0.05, 0) is 49.8 Å². The summed E-state index contributed by atoms with van der Waals surface area (Å²) in [5, 5.41) is 27.0. The van der Waals surface area contributed by atoms with Crippen LogP contribution in [0.2, 0.25) is 5.02 Å². The lowest BCUT2D eigenvalue weighted by molar-refractivity contribution is -0.385. The fourth-order valence-electron chi connectivity index (χ4n) is 2.35. The Labute approximate surface area is 175 Å². The summed E-state index contributed by atoms with van der Waals surface area (Å²) < 4.78 is 5.17. The second kappa shape index (κ2) is 9.26. The molecule has 0 unspecified atom stereocenters. The van der Waals surface area contributed by atoms with E-state index in [1.54, 1.807) is 13.8 Å². The molecule has 2 N–H and O–H groups in total. The molecule has 2 rings (SSSR count). The molecule has 10 nitrogen and oxygen atoms in total. The predicted molar refractivity (Wildman–Crippen MR) is 111 cm³/mol. The smallest absolute Gasteiger partial charge is 0.311 e. The van der Waals surface area contributed by atoms with E-state index in [4.69, 9.17) is 28.6 Å². The third-order valence-electron chi connectivity index (χ3n) is 3.68. The van der Waals surface area contributed by atoms with Crippen molar-refractivity contribution in [2.45, 2.75) is 13.8 Å². The summed E-state index contributed by atoms with van der Waals surface area (Å²) in [4.78, 5) is 33.2. The highest BCUT2D eigenvalue weighted by molar-refractivity contribution is 7.80. The normalized spacial score (nSPS) is 10.2. The van der Waals surface area contributed by atoms with Gasteiger partial charge in [-0.1, -0.05) is 11.6 Å². The number of thiocarbonyl (C=S) groups is 1. The quantitative estimate of drug-likeness (QED) is 0.392. The first-order valence-electron chi connectivity index (χ1n) is 8.12. The fourth-order valence-corrected chi connectivity index (χ4v) is 2.78. The molecule has 0 saturated heterocycles. The van der Waals surface area contributed by atoms with Crippen molar-refractivity contribution < 1.29 is 19.4 Å². The molecule has 1 amide bonds. The topological polar surface area (TPSA) is 137 Å². The Morgan fingerprint density at radius 2 is 1.83 bits per heavy atom. The number of amides is 1. The monoisotopic (exact) mass is 438 g/mol. The van der Waals surface area contributed by atoms with E-state index in [1.807, 2.05) is 0 Å². The lowest BCUT2D eigenvalue weighted by atomic mass is 10.1. The van der Waals surface area contributed by atoms with Gasteiger partial charge < -0.3 is 10.1 Å². The Hall–Kier alpha value is -3.31. The van der Waals surface area contributed by atoms with Crippen LogP contribution in [0.3, 0.4) is 0 Å². The van der Waals surface area contributed by atoms with Crippen molar-refractivity contribution >= 4 is 51.9 Å². The molecule has 0 spiro atoms. The highest BCUT2D eigenvalue weighted by atomic mass is 35.5. The molecule has 152 valence electrons. The van der Waals surface area contributed by atoms with Crippen LogP contribution < -0.4 is 15.4 Å². The molecule has 2 aromatic carbocycles. The molecule has 0 aliphatic carbocycles. The minimum Gasteiger partial charge on any atom is -0.487 e. The van der Waals surface area contributed by atoms with Gasteiger partial charge in [-0.15, -0.1) is 0 Å². The van der Waals surface area contributed by atoms with E-state index in [2.05, 4.69) is 10.6 Å². The number of nitrogens with zero attached hydrogens (tertiary/aromatic N) is 2. The van der Waals surface area contributed by atoms with Crippen LogP contribution in [0.1, 0.15) is 22.8 Å². The minimum absolute atomic E-state index is 0.00255. The van der Waals surface area contributed by atoms with Crippen LogP contribution in [0.25, 0.3) is 0 Å². The van der Waals surface area contributed by atoms with Gasteiger partial charge in [0, 0.05) is 23.4 Å². The average Bonchev–Trinajstić information content (AvgIpc) is 2.64. The number of aryl methyl sites for hydroxylation is 1. The SMILES string of the molecule is CCOc1ccc(C(=O)NC(=S)Nc2cc(Cl)c([N+](=O)[O-])cc2C)cc1[N+](=O)[O-]. The van der Waals surface area contributed by atoms with Gasteiger partial charge in [0.15, 0.2) is 10.9 Å². The van der Waals surface area contributed by atoms with Crippen molar-refractivity contribution in [3.63, 3.8) is 0 Å². The highest BCUT2D eigenvalue weighted by Gasteiger charge is 2.20. The van der Waals surface area contributed by atoms with Crippen LogP contribution in [0.5, 0.6) is 5.75 Å². The first-order chi connectivity index (χ1) is 13.6. The van der Waals surface area contributed by atoms with Crippen LogP contribution in [0.4, 0.5) is 17.1 Å². The van der Waals surface area contributed by atoms with Crippen molar-refractivity contribution in [3.8, 4) is 5.75 Å². The zero-order chi connectivity index (χ0) is 21.7. The number of benzene rings is 2. The number of carbonyl (C=O) groups excluding carboxylic acids is 1. The second-order valence-electron chi connectivity index (χ2n) is 5.66. The van der Waals surface area contributed by atoms with E-state index in [0.717, 1.165) is 6.07 Å². The van der Waals surface area contributed by atoms with Crippen LogP contribution in [-0.4, -0.2) is 27.5 Å². The largest absolute Gasteiger partial charge is 0.487 e. The molecule has 0 aliphatic rings. The number of ether oxygens (including phenoxy) is 1. The van der Waals surface area contributed by atoms with Crippen LogP contribution in [0.15, 0.2) is 30.3 Å². The summed E-state index contributed by atoms with van der Waals surface area (Å²) in [6, 6.07) is 6.36. The number of rotatable bonds is 6. The van der Waals surface area contributed by atoms with E-state index in [-0.39, 0.29) is 39.4 Å². The Morgan fingerprint density at radius 1 is 1.17 bits per heavy atom. The third kappa shape index (κ3) is 5.36. The lowest BCUT2D eigenvalue weighted by Crippen LogP contribution is -2.34. The van der Waals surface area contributed by atoms with Gasteiger partial charge in [0.1, 0.15) is 5.02 Å². The summed E-state index contributed by atoms with van der Waals surface area (Å²) in [6.45, 7) is 3.52. The Balaban J connectivity index is 2.16. The molecule has 0 radical (unpaired) electrons. The minimum atomic E-state index is -0.681. The maximum absolute atomic E-state index is 12.4. The van der Waals surface area contributed by atoms with Crippen LogP contribution in [0, 0.1) is 27.2 Å².